The van der Waals surface area contributed by atoms with E-state index < -0.39 is 5.91 Å². The molecule has 142 valence electrons. The molecule has 4 N–H and O–H groups in total. The van der Waals surface area contributed by atoms with E-state index in [4.69, 9.17) is 10.5 Å². The number of ether oxygens (including phenoxy) is 1. The predicted octanol–water partition coefficient (Wildman–Crippen LogP) is 4.77. The molecule has 0 aliphatic heterocycles. The number of urea groups is 1. The van der Waals surface area contributed by atoms with Crippen molar-refractivity contribution >= 4 is 39.2 Å². The van der Waals surface area contributed by atoms with Crippen molar-refractivity contribution in [3.05, 3.63) is 88.4 Å². The zero-order valence-electron chi connectivity index (χ0n) is 14.8. The molecule has 0 spiro atoms. The van der Waals surface area contributed by atoms with E-state index in [-0.39, 0.29) is 12.6 Å². The summed E-state index contributed by atoms with van der Waals surface area (Å²) >= 11 is 3.36. The van der Waals surface area contributed by atoms with Gasteiger partial charge in [-0.05, 0) is 48.0 Å². The third-order valence-electron chi connectivity index (χ3n) is 3.81. The summed E-state index contributed by atoms with van der Waals surface area (Å²) in [7, 11) is 0. The van der Waals surface area contributed by atoms with Crippen LogP contribution < -0.4 is 21.1 Å². The maximum atomic E-state index is 12.2. The van der Waals surface area contributed by atoms with Crippen LogP contribution in [0.2, 0.25) is 0 Å². The molecule has 0 bridgehead atoms. The summed E-state index contributed by atoms with van der Waals surface area (Å²) in [5, 5.41) is 5.55. The average molecular weight is 440 g/mol. The van der Waals surface area contributed by atoms with Gasteiger partial charge in [0.15, 0.2) is 0 Å². The zero-order chi connectivity index (χ0) is 19.9. The molecule has 3 rings (SSSR count). The van der Waals surface area contributed by atoms with E-state index in [1.54, 1.807) is 48.5 Å². The molecule has 0 heterocycles. The van der Waals surface area contributed by atoms with E-state index in [2.05, 4.69) is 26.6 Å². The third kappa shape index (κ3) is 5.34. The number of para-hydroxylation sites is 1. The Balaban J connectivity index is 1.62. The maximum absolute atomic E-state index is 12.2. The minimum atomic E-state index is -0.546. The maximum Gasteiger partial charge on any atom is 0.323 e. The number of carbonyl (C=O) groups excluding carboxylic acids is 2. The summed E-state index contributed by atoms with van der Waals surface area (Å²) in [6, 6.07) is 21.0. The van der Waals surface area contributed by atoms with Crippen LogP contribution in [-0.2, 0) is 6.61 Å². The Hall–Kier alpha value is -3.32. The number of hydrogen-bond donors (Lipinski definition) is 3. The van der Waals surface area contributed by atoms with Crippen molar-refractivity contribution in [2.45, 2.75) is 6.61 Å². The Labute approximate surface area is 170 Å². The molecule has 0 saturated heterocycles. The highest BCUT2D eigenvalue weighted by atomic mass is 79.9. The van der Waals surface area contributed by atoms with Crippen molar-refractivity contribution in [3.63, 3.8) is 0 Å². The fourth-order valence-electron chi connectivity index (χ4n) is 2.56. The van der Waals surface area contributed by atoms with Crippen LogP contribution in [0.3, 0.4) is 0 Å². The zero-order valence-corrected chi connectivity index (χ0v) is 16.4. The summed E-state index contributed by atoms with van der Waals surface area (Å²) < 4.78 is 6.59. The first kappa shape index (κ1) is 19.4. The highest BCUT2D eigenvalue weighted by molar-refractivity contribution is 9.10. The average Bonchev–Trinajstić information content (AvgIpc) is 2.66. The molecular formula is C21H18BrN3O3. The van der Waals surface area contributed by atoms with Gasteiger partial charge in [-0.3, -0.25) is 4.79 Å². The monoisotopic (exact) mass is 439 g/mol. The number of benzene rings is 3. The molecule has 0 atom stereocenters. The van der Waals surface area contributed by atoms with Crippen LogP contribution in [0, 0.1) is 0 Å². The number of carbonyl (C=O) groups is 2. The van der Waals surface area contributed by atoms with Gasteiger partial charge in [0.1, 0.15) is 12.4 Å². The number of primary amides is 1. The molecule has 3 aromatic rings. The van der Waals surface area contributed by atoms with Gasteiger partial charge in [0.25, 0.3) is 5.91 Å². The molecule has 0 aliphatic carbocycles. The number of nitrogens with two attached hydrogens (primary N) is 1. The number of rotatable bonds is 6. The molecule has 0 saturated carbocycles. The summed E-state index contributed by atoms with van der Waals surface area (Å²) in [4.78, 5) is 23.6. The summed E-state index contributed by atoms with van der Waals surface area (Å²) in [5.74, 6) is -0.129. The van der Waals surface area contributed by atoms with Gasteiger partial charge in [0.2, 0.25) is 0 Å². The first-order valence-electron chi connectivity index (χ1n) is 8.45. The molecule has 0 unspecified atom stereocenters. The molecule has 3 amide bonds. The van der Waals surface area contributed by atoms with E-state index in [1.807, 2.05) is 24.3 Å². The number of halogens is 1. The molecule has 28 heavy (non-hydrogen) atoms. The van der Waals surface area contributed by atoms with Gasteiger partial charge >= 0.3 is 6.03 Å². The molecule has 0 fully saturated rings. The number of amides is 3. The van der Waals surface area contributed by atoms with E-state index in [0.717, 1.165) is 10.0 Å². The minimum absolute atomic E-state index is 0.229. The fourth-order valence-corrected chi connectivity index (χ4v) is 2.95. The lowest BCUT2D eigenvalue weighted by atomic mass is 10.2. The van der Waals surface area contributed by atoms with Crippen molar-refractivity contribution in [2.24, 2.45) is 5.73 Å². The second kappa shape index (κ2) is 9.05. The number of anilines is 2. The smallest absolute Gasteiger partial charge is 0.323 e. The van der Waals surface area contributed by atoms with E-state index in [1.165, 1.54) is 0 Å². The normalized spacial score (nSPS) is 10.2. The van der Waals surface area contributed by atoms with Crippen LogP contribution >= 0.6 is 15.9 Å². The SMILES string of the molecule is NC(=O)c1ccccc1OCc1cccc(NC(=O)Nc2cccc(Br)c2)c1. The summed E-state index contributed by atoms with van der Waals surface area (Å²) in [5.41, 5.74) is 7.81. The minimum Gasteiger partial charge on any atom is -0.488 e. The lowest BCUT2D eigenvalue weighted by Crippen LogP contribution is -2.19. The third-order valence-corrected chi connectivity index (χ3v) is 4.31. The van der Waals surface area contributed by atoms with Gasteiger partial charge in [-0.1, -0.05) is 46.3 Å². The van der Waals surface area contributed by atoms with E-state index in [0.29, 0.717) is 22.7 Å². The van der Waals surface area contributed by atoms with E-state index >= 15 is 0 Å². The molecule has 0 aromatic heterocycles. The quantitative estimate of drug-likeness (QED) is 0.516. The van der Waals surface area contributed by atoms with Gasteiger partial charge in [0, 0.05) is 15.8 Å². The molecule has 0 radical (unpaired) electrons. The number of hydrogen-bond acceptors (Lipinski definition) is 3. The number of nitrogens with one attached hydrogen (secondary N) is 2. The first-order chi connectivity index (χ1) is 13.5. The lowest BCUT2D eigenvalue weighted by molar-refractivity contribution is 0.0996. The van der Waals surface area contributed by atoms with Gasteiger partial charge in [-0.25, -0.2) is 4.79 Å². The lowest BCUT2D eigenvalue weighted by Gasteiger charge is -2.11. The largest absolute Gasteiger partial charge is 0.488 e. The second-order valence-corrected chi connectivity index (χ2v) is 6.85. The van der Waals surface area contributed by atoms with Crippen molar-refractivity contribution in [1.29, 1.82) is 0 Å². The van der Waals surface area contributed by atoms with Gasteiger partial charge in [-0.2, -0.15) is 0 Å². The summed E-state index contributed by atoms with van der Waals surface area (Å²) in [6.45, 7) is 0.229. The van der Waals surface area contributed by atoms with Crippen LogP contribution in [0.25, 0.3) is 0 Å². The molecular weight excluding hydrogens is 422 g/mol. The molecule has 3 aromatic carbocycles. The van der Waals surface area contributed by atoms with Crippen molar-refractivity contribution < 1.29 is 14.3 Å². The predicted molar refractivity (Wildman–Crippen MR) is 113 cm³/mol. The van der Waals surface area contributed by atoms with Gasteiger partial charge in [-0.15, -0.1) is 0 Å². The van der Waals surface area contributed by atoms with Gasteiger partial charge < -0.3 is 21.1 Å². The van der Waals surface area contributed by atoms with Crippen molar-refractivity contribution in [2.75, 3.05) is 10.6 Å². The van der Waals surface area contributed by atoms with Crippen molar-refractivity contribution in [3.8, 4) is 5.75 Å². The summed E-state index contributed by atoms with van der Waals surface area (Å²) in [6.07, 6.45) is 0. The molecule has 7 heteroatoms. The van der Waals surface area contributed by atoms with Crippen LogP contribution in [0.4, 0.5) is 16.2 Å². The molecule has 6 nitrogen and oxygen atoms in total. The van der Waals surface area contributed by atoms with Crippen molar-refractivity contribution in [1.82, 2.24) is 0 Å². The topological polar surface area (TPSA) is 93.5 Å². The Kier molecular flexibility index (Phi) is 6.29. The van der Waals surface area contributed by atoms with Crippen LogP contribution in [0.1, 0.15) is 15.9 Å². The highest BCUT2D eigenvalue weighted by Gasteiger charge is 2.09. The Bertz CT molecular complexity index is 1010. The van der Waals surface area contributed by atoms with Crippen LogP contribution in [0.15, 0.2) is 77.3 Å². The highest BCUT2D eigenvalue weighted by Crippen LogP contribution is 2.20. The second-order valence-electron chi connectivity index (χ2n) is 5.94. The fraction of sp³-hybridized carbons (Fsp3) is 0.0476. The Morgan fingerprint density at radius 1 is 0.893 bits per heavy atom. The van der Waals surface area contributed by atoms with Gasteiger partial charge in [0.05, 0.1) is 5.56 Å². The Morgan fingerprint density at radius 2 is 1.57 bits per heavy atom. The Morgan fingerprint density at radius 3 is 2.29 bits per heavy atom. The molecule has 0 aliphatic rings. The van der Waals surface area contributed by atoms with Crippen LogP contribution in [0.5, 0.6) is 5.75 Å². The first-order valence-corrected chi connectivity index (χ1v) is 9.25. The standard InChI is InChI=1S/C21H18BrN3O3/c22-15-6-4-8-17(12-15)25-21(27)24-16-7-3-5-14(11-16)13-28-19-10-2-1-9-18(19)20(23)26/h1-12H,13H2,(H2,23,26)(H2,24,25,27). The van der Waals surface area contributed by atoms with E-state index in [9.17, 15) is 9.59 Å². The van der Waals surface area contributed by atoms with Crippen LogP contribution in [-0.4, -0.2) is 11.9 Å².